The lowest BCUT2D eigenvalue weighted by molar-refractivity contribution is -0.183. The molecule has 2 rings (SSSR count). The van der Waals surface area contributed by atoms with Crippen molar-refractivity contribution in [2.24, 2.45) is 23.2 Å². The first-order valence-electron chi connectivity index (χ1n) is 10.8. The molecule has 0 radical (unpaired) electrons. The Bertz CT molecular complexity index is 785. The normalized spacial score (nSPS) is 33.9. The monoisotopic (exact) mass is 416 g/mol. The van der Waals surface area contributed by atoms with Crippen molar-refractivity contribution in [1.29, 1.82) is 0 Å². The maximum absolute atomic E-state index is 13.2. The fourth-order valence-electron chi connectivity index (χ4n) is 4.92. The van der Waals surface area contributed by atoms with Gasteiger partial charge < -0.3 is 9.47 Å². The van der Waals surface area contributed by atoms with Crippen LogP contribution in [0.1, 0.15) is 67.7 Å². The molecular weight excluding hydrogens is 380 g/mol. The summed E-state index contributed by atoms with van der Waals surface area (Å²) >= 11 is 0. The minimum absolute atomic E-state index is 0.0183. The van der Waals surface area contributed by atoms with E-state index in [9.17, 15) is 14.4 Å². The molecule has 0 N–H and O–H groups in total. The molecule has 5 heteroatoms. The van der Waals surface area contributed by atoms with Gasteiger partial charge in [-0.2, -0.15) is 0 Å². The van der Waals surface area contributed by atoms with Crippen LogP contribution in [-0.4, -0.2) is 29.9 Å². The van der Waals surface area contributed by atoms with Gasteiger partial charge in [0, 0.05) is 23.5 Å². The van der Waals surface area contributed by atoms with Crippen LogP contribution in [-0.2, 0) is 23.9 Å². The second kappa shape index (κ2) is 9.32. The Morgan fingerprint density at radius 1 is 1.13 bits per heavy atom. The molecule has 0 spiro atoms. The predicted molar refractivity (Wildman–Crippen MR) is 117 cm³/mol. The van der Waals surface area contributed by atoms with Crippen LogP contribution >= 0.6 is 0 Å². The zero-order chi connectivity index (χ0) is 22.8. The molecule has 0 amide bonds. The number of carbonyl (C=O) groups is 3. The Labute approximate surface area is 180 Å². The molecule has 0 unspecified atom stereocenters. The molecule has 0 bridgehead atoms. The van der Waals surface area contributed by atoms with Gasteiger partial charge in [0.15, 0.2) is 11.9 Å². The quantitative estimate of drug-likeness (QED) is 0.360. The maximum atomic E-state index is 13.2. The van der Waals surface area contributed by atoms with Gasteiger partial charge >= 0.3 is 11.9 Å². The second-order valence-electron chi connectivity index (χ2n) is 9.48. The van der Waals surface area contributed by atoms with E-state index in [0.29, 0.717) is 24.8 Å². The van der Waals surface area contributed by atoms with Crippen molar-refractivity contribution in [3.05, 3.63) is 35.5 Å². The molecule has 166 valence electrons. The van der Waals surface area contributed by atoms with Gasteiger partial charge in [-0.3, -0.25) is 4.79 Å². The predicted octanol–water partition coefficient (Wildman–Crippen LogP) is 4.96. The van der Waals surface area contributed by atoms with Gasteiger partial charge in [0.05, 0.1) is 0 Å². The molecule has 6 atom stereocenters. The van der Waals surface area contributed by atoms with E-state index in [2.05, 4.69) is 20.4 Å². The molecule has 2 fully saturated rings. The van der Waals surface area contributed by atoms with Crippen molar-refractivity contribution in [3.8, 4) is 0 Å². The third kappa shape index (κ3) is 4.76. The van der Waals surface area contributed by atoms with E-state index in [0.717, 1.165) is 11.1 Å². The van der Waals surface area contributed by atoms with Crippen molar-refractivity contribution in [3.63, 3.8) is 0 Å². The number of esters is 2. The van der Waals surface area contributed by atoms with Crippen molar-refractivity contribution >= 4 is 17.7 Å². The van der Waals surface area contributed by atoms with E-state index in [1.807, 2.05) is 20.8 Å². The van der Waals surface area contributed by atoms with E-state index in [1.54, 1.807) is 19.9 Å². The highest BCUT2D eigenvalue weighted by Gasteiger charge is 2.58. The second-order valence-corrected chi connectivity index (χ2v) is 9.48. The number of allylic oxidation sites excluding steroid dienone is 3. The smallest absolute Gasteiger partial charge is 0.334 e. The molecular formula is C25H36O5. The number of ether oxygens (including phenoxy) is 2. The molecule has 0 heterocycles. The average Bonchev–Trinajstić information content (AvgIpc) is 2.65. The SMILES string of the molecule is C=C(C)[C@H]1C[C@@]2(C)[C@H](CC[C@@H](OC(=O)C=C(C)C)[C@@H]2C)[C@@H](OC(=O)/C(C)=C\C)C1=O. The number of carbonyl (C=O) groups excluding carboxylic acids is 3. The molecule has 0 aliphatic heterocycles. The maximum Gasteiger partial charge on any atom is 0.334 e. The molecule has 0 aromatic rings. The van der Waals surface area contributed by atoms with Crippen LogP contribution in [0.4, 0.5) is 0 Å². The van der Waals surface area contributed by atoms with Crippen molar-refractivity contribution in [1.82, 2.24) is 0 Å². The summed E-state index contributed by atoms with van der Waals surface area (Å²) in [7, 11) is 0. The number of Topliss-reactive ketones (excluding diaryl/α,β-unsaturated/α-hetero) is 1. The van der Waals surface area contributed by atoms with Crippen LogP contribution in [0.15, 0.2) is 35.5 Å². The summed E-state index contributed by atoms with van der Waals surface area (Å²) in [6.07, 6.45) is 4.09. The summed E-state index contributed by atoms with van der Waals surface area (Å²) in [4.78, 5) is 38.0. The lowest BCUT2D eigenvalue weighted by Gasteiger charge is -2.55. The molecule has 2 aliphatic carbocycles. The minimum atomic E-state index is -0.801. The zero-order valence-electron chi connectivity index (χ0n) is 19.4. The van der Waals surface area contributed by atoms with Crippen LogP contribution in [0.3, 0.4) is 0 Å². The fourth-order valence-corrected chi connectivity index (χ4v) is 4.92. The van der Waals surface area contributed by atoms with Crippen molar-refractivity contribution in [2.75, 3.05) is 0 Å². The van der Waals surface area contributed by atoms with Gasteiger partial charge in [0.2, 0.25) is 0 Å². The summed E-state index contributed by atoms with van der Waals surface area (Å²) in [6, 6.07) is 0. The van der Waals surface area contributed by atoms with Crippen LogP contribution in [0, 0.1) is 23.2 Å². The van der Waals surface area contributed by atoms with E-state index in [1.165, 1.54) is 6.08 Å². The number of rotatable bonds is 5. The lowest BCUT2D eigenvalue weighted by atomic mass is 9.51. The van der Waals surface area contributed by atoms with Crippen molar-refractivity contribution in [2.45, 2.75) is 79.9 Å². The van der Waals surface area contributed by atoms with E-state index in [-0.39, 0.29) is 41.0 Å². The third-order valence-electron chi connectivity index (χ3n) is 7.10. The highest BCUT2D eigenvalue weighted by molar-refractivity contribution is 5.94. The van der Waals surface area contributed by atoms with Gasteiger partial charge in [0.25, 0.3) is 0 Å². The van der Waals surface area contributed by atoms with Gasteiger partial charge in [-0.25, -0.2) is 9.59 Å². The van der Waals surface area contributed by atoms with Crippen LogP contribution in [0.5, 0.6) is 0 Å². The fraction of sp³-hybridized carbons (Fsp3) is 0.640. The Morgan fingerprint density at radius 2 is 1.77 bits per heavy atom. The Balaban J connectivity index is 2.36. The van der Waals surface area contributed by atoms with Gasteiger partial charge in [-0.15, -0.1) is 0 Å². The Hall–Kier alpha value is -2.17. The first-order chi connectivity index (χ1) is 13.9. The molecule has 0 aromatic carbocycles. The third-order valence-corrected chi connectivity index (χ3v) is 7.10. The molecule has 30 heavy (non-hydrogen) atoms. The molecule has 5 nitrogen and oxygen atoms in total. The first-order valence-corrected chi connectivity index (χ1v) is 10.8. The van der Waals surface area contributed by atoms with Gasteiger partial charge in [-0.1, -0.05) is 37.6 Å². The molecule has 2 aliphatic rings. The Kier molecular flexibility index (Phi) is 7.49. The molecule has 0 aromatic heterocycles. The largest absolute Gasteiger partial charge is 0.459 e. The van der Waals surface area contributed by atoms with Crippen LogP contribution in [0.2, 0.25) is 0 Å². The van der Waals surface area contributed by atoms with Crippen LogP contribution < -0.4 is 0 Å². The number of hydrogen-bond donors (Lipinski definition) is 0. The standard InChI is InChI=1S/C25H36O5/c1-9-16(6)24(28)30-23-19-10-11-20(29-21(26)12-14(2)3)17(7)25(19,8)13-18(15(4)5)22(23)27/h9,12,17-20,23H,4,10-11,13H2,1-3,5-8H3/b16-9-/t17-,18+,19+,20+,23+,25+/m0/s1. The van der Waals surface area contributed by atoms with E-state index < -0.39 is 12.1 Å². The number of ketones is 1. The minimum Gasteiger partial charge on any atom is -0.459 e. The highest BCUT2D eigenvalue weighted by Crippen LogP contribution is 2.56. The highest BCUT2D eigenvalue weighted by atomic mass is 16.6. The summed E-state index contributed by atoms with van der Waals surface area (Å²) in [5, 5.41) is 0. The zero-order valence-corrected chi connectivity index (χ0v) is 19.4. The summed E-state index contributed by atoms with van der Waals surface area (Å²) < 4.78 is 11.6. The van der Waals surface area contributed by atoms with Crippen LogP contribution in [0.25, 0.3) is 0 Å². The van der Waals surface area contributed by atoms with E-state index in [4.69, 9.17) is 9.47 Å². The molecule has 2 saturated carbocycles. The Morgan fingerprint density at radius 3 is 2.30 bits per heavy atom. The average molecular weight is 417 g/mol. The summed E-state index contributed by atoms with van der Waals surface area (Å²) in [5.41, 5.74) is 1.84. The van der Waals surface area contributed by atoms with Crippen molar-refractivity contribution < 1.29 is 23.9 Å². The number of fused-ring (bicyclic) bond motifs is 1. The van der Waals surface area contributed by atoms with Gasteiger partial charge in [0.1, 0.15) is 6.10 Å². The van der Waals surface area contributed by atoms with E-state index >= 15 is 0 Å². The first kappa shape index (κ1) is 24.1. The van der Waals surface area contributed by atoms with Gasteiger partial charge in [-0.05, 0) is 65.2 Å². The summed E-state index contributed by atoms with van der Waals surface area (Å²) in [6.45, 7) is 17.3. The number of hydrogen-bond acceptors (Lipinski definition) is 5. The lowest BCUT2D eigenvalue weighted by Crippen LogP contribution is -2.58. The topological polar surface area (TPSA) is 69.7 Å². The molecule has 0 saturated heterocycles. The summed E-state index contributed by atoms with van der Waals surface area (Å²) in [5.74, 6) is -1.30.